The van der Waals surface area contributed by atoms with Crippen LogP contribution in [0.15, 0.2) is 54.1 Å². The van der Waals surface area contributed by atoms with E-state index in [-0.39, 0.29) is 5.57 Å². The minimum atomic E-state index is -0.782. The number of methoxy groups -OCH3 is 1. The first-order valence-corrected chi connectivity index (χ1v) is 8.23. The van der Waals surface area contributed by atoms with Crippen molar-refractivity contribution in [1.29, 1.82) is 0 Å². The Kier molecular flexibility index (Phi) is 4.94. The minimum Gasteiger partial charge on any atom is -0.497 e. The van der Waals surface area contributed by atoms with Crippen LogP contribution in [-0.2, 0) is 9.59 Å². The third kappa shape index (κ3) is 3.67. The van der Waals surface area contributed by atoms with E-state index in [0.717, 1.165) is 10.6 Å². The molecule has 0 aliphatic carbocycles. The van der Waals surface area contributed by atoms with E-state index in [1.807, 2.05) is 31.1 Å². The molecule has 0 saturated carbocycles. The Balaban J connectivity index is 1.93. The second-order valence-corrected chi connectivity index (χ2v) is 6.14. The molecule has 1 heterocycles. The first-order chi connectivity index (χ1) is 12.9. The molecule has 1 aliphatic heterocycles. The smallest absolute Gasteiger partial charge is 0.335 e. The molecule has 0 aromatic heterocycles. The lowest BCUT2D eigenvalue weighted by Gasteiger charge is -2.26. The van der Waals surface area contributed by atoms with Gasteiger partial charge in [0, 0.05) is 19.8 Å². The SMILES string of the molecule is COc1ccc(N2C(=O)NC(=O)/C(=C/c3ccc(N(C)C)cc3)C2=O)cc1. The normalized spacial score (nSPS) is 15.7. The highest BCUT2D eigenvalue weighted by atomic mass is 16.5. The van der Waals surface area contributed by atoms with Crippen LogP contribution >= 0.6 is 0 Å². The molecule has 0 unspecified atom stereocenters. The summed E-state index contributed by atoms with van der Waals surface area (Å²) in [5, 5.41) is 2.21. The largest absolute Gasteiger partial charge is 0.497 e. The van der Waals surface area contributed by atoms with Gasteiger partial charge in [0.25, 0.3) is 11.8 Å². The third-order valence-corrected chi connectivity index (χ3v) is 4.15. The van der Waals surface area contributed by atoms with Gasteiger partial charge in [-0.3, -0.25) is 14.9 Å². The minimum absolute atomic E-state index is 0.108. The van der Waals surface area contributed by atoms with Gasteiger partial charge < -0.3 is 9.64 Å². The van der Waals surface area contributed by atoms with Gasteiger partial charge in [0.15, 0.2) is 0 Å². The molecule has 1 saturated heterocycles. The van der Waals surface area contributed by atoms with Crippen molar-refractivity contribution < 1.29 is 19.1 Å². The van der Waals surface area contributed by atoms with Gasteiger partial charge in [0.2, 0.25) is 0 Å². The second-order valence-electron chi connectivity index (χ2n) is 6.14. The van der Waals surface area contributed by atoms with Crippen LogP contribution in [0.1, 0.15) is 5.56 Å². The highest BCUT2D eigenvalue weighted by Gasteiger charge is 2.36. The molecule has 0 atom stereocenters. The Bertz CT molecular complexity index is 915. The van der Waals surface area contributed by atoms with Gasteiger partial charge >= 0.3 is 6.03 Å². The lowest BCUT2D eigenvalue weighted by Crippen LogP contribution is -2.54. The van der Waals surface area contributed by atoms with Gasteiger partial charge in [-0.05, 0) is 48.0 Å². The van der Waals surface area contributed by atoms with E-state index in [1.165, 1.54) is 13.2 Å². The zero-order valence-corrected chi connectivity index (χ0v) is 15.2. The predicted molar refractivity (Wildman–Crippen MR) is 103 cm³/mol. The molecule has 1 fully saturated rings. The number of carbonyl (C=O) groups excluding carboxylic acids is 3. The number of urea groups is 1. The molecule has 3 rings (SSSR count). The zero-order chi connectivity index (χ0) is 19.6. The van der Waals surface area contributed by atoms with E-state index < -0.39 is 17.8 Å². The summed E-state index contributed by atoms with van der Waals surface area (Å²) < 4.78 is 5.08. The summed E-state index contributed by atoms with van der Waals surface area (Å²) in [6.07, 6.45) is 1.47. The van der Waals surface area contributed by atoms with Crippen LogP contribution in [-0.4, -0.2) is 39.1 Å². The maximum Gasteiger partial charge on any atom is 0.335 e. The van der Waals surface area contributed by atoms with Crippen LogP contribution in [0.25, 0.3) is 6.08 Å². The molecule has 1 aliphatic rings. The molecule has 0 spiro atoms. The van der Waals surface area contributed by atoms with E-state index in [9.17, 15) is 14.4 Å². The van der Waals surface area contributed by atoms with Crippen LogP contribution in [0.3, 0.4) is 0 Å². The van der Waals surface area contributed by atoms with E-state index in [1.54, 1.807) is 36.4 Å². The topological polar surface area (TPSA) is 79.0 Å². The number of imide groups is 2. The molecule has 2 aromatic rings. The number of nitrogens with one attached hydrogen (secondary N) is 1. The number of barbiturate groups is 1. The number of rotatable bonds is 4. The Morgan fingerprint density at radius 3 is 2.15 bits per heavy atom. The fraction of sp³-hybridized carbons (Fsp3) is 0.150. The summed E-state index contributed by atoms with van der Waals surface area (Å²) in [5.41, 5.74) is 1.91. The molecule has 0 bridgehead atoms. The Morgan fingerprint density at radius 2 is 1.59 bits per heavy atom. The average Bonchev–Trinajstić information content (AvgIpc) is 2.66. The lowest BCUT2D eigenvalue weighted by atomic mass is 10.1. The fourth-order valence-electron chi connectivity index (χ4n) is 2.66. The number of carbonyl (C=O) groups is 3. The van der Waals surface area contributed by atoms with Crippen molar-refractivity contribution in [2.75, 3.05) is 31.0 Å². The number of hydrogen-bond donors (Lipinski definition) is 1. The summed E-state index contributed by atoms with van der Waals surface area (Å²) in [7, 11) is 5.36. The summed E-state index contributed by atoms with van der Waals surface area (Å²) in [6, 6.07) is 13.0. The average molecular weight is 365 g/mol. The molecule has 138 valence electrons. The lowest BCUT2D eigenvalue weighted by molar-refractivity contribution is -0.122. The Labute approximate surface area is 156 Å². The number of hydrogen-bond acceptors (Lipinski definition) is 5. The first-order valence-electron chi connectivity index (χ1n) is 8.23. The van der Waals surface area contributed by atoms with Crippen LogP contribution in [0, 0.1) is 0 Å². The monoisotopic (exact) mass is 365 g/mol. The number of anilines is 2. The van der Waals surface area contributed by atoms with Crippen molar-refractivity contribution in [2.45, 2.75) is 0 Å². The van der Waals surface area contributed by atoms with E-state index in [4.69, 9.17) is 4.74 Å². The molecular weight excluding hydrogens is 346 g/mol. The van der Waals surface area contributed by atoms with Gasteiger partial charge in [-0.1, -0.05) is 12.1 Å². The molecule has 27 heavy (non-hydrogen) atoms. The van der Waals surface area contributed by atoms with Crippen molar-refractivity contribution in [2.24, 2.45) is 0 Å². The molecule has 4 amide bonds. The molecule has 0 radical (unpaired) electrons. The van der Waals surface area contributed by atoms with Gasteiger partial charge in [0.05, 0.1) is 12.8 Å². The van der Waals surface area contributed by atoms with Gasteiger partial charge in [-0.2, -0.15) is 0 Å². The number of amides is 4. The number of ether oxygens (including phenoxy) is 1. The summed E-state index contributed by atoms with van der Waals surface area (Å²) in [4.78, 5) is 40.1. The Hall–Kier alpha value is -3.61. The number of benzene rings is 2. The van der Waals surface area contributed by atoms with E-state index in [0.29, 0.717) is 17.0 Å². The maximum absolute atomic E-state index is 12.8. The Morgan fingerprint density at radius 1 is 0.963 bits per heavy atom. The number of nitrogens with zero attached hydrogens (tertiary/aromatic N) is 2. The summed E-state index contributed by atoms with van der Waals surface area (Å²) in [6.45, 7) is 0. The second kappa shape index (κ2) is 7.33. The molecule has 7 nitrogen and oxygen atoms in total. The fourth-order valence-corrected chi connectivity index (χ4v) is 2.66. The van der Waals surface area contributed by atoms with Crippen LogP contribution in [0.2, 0.25) is 0 Å². The van der Waals surface area contributed by atoms with E-state index >= 15 is 0 Å². The van der Waals surface area contributed by atoms with Crippen molar-refractivity contribution >= 4 is 35.3 Å². The predicted octanol–water partition coefficient (Wildman–Crippen LogP) is 2.43. The maximum atomic E-state index is 12.8. The summed E-state index contributed by atoms with van der Waals surface area (Å²) in [5.74, 6) is -0.798. The van der Waals surface area contributed by atoms with Crippen molar-refractivity contribution in [3.8, 4) is 5.75 Å². The highest BCUT2D eigenvalue weighted by molar-refractivity contribution is 6.39. The van der Waals surface area contributed by atoms with Gasteiger partial charge in [0.1, 0.15) is 11.3 Å². The molecule has 7 heteroatoms. The molecule has 1 N–H and O–H groups in total. The third-order valence-electron chi connectivity index (χ3n) is 4.15. The van der Waals surface area contributed by atoms with Gasteiger partial charge in [-0.15, -0.1) is 0 Å². The molecular formula is C20H19N3O4. The van der Waals surface area contributed by atoms with Crippen LogP contribution < -0.4 is 19.9 Å². The van der Waals surface area contributed by atoms with Crippen molar-refractivity contribution in [1.82, 2.24) is 5.32 Å². The highest BCUT2D eigenvalue weighted by Crippen LogP contribution is 2.24. The van der Waals surface area contributed by atoms with Crippen molar-refractivity contribution in [3.63, 3.8) is 0 Å². The van der Waals surface area contributed by atoms with E-state index in [2.05, 4.69) is 5.32 Å². The van der Waals surface area contributed by atoms with Crippen molar-refractivity contribution in [3.05, 3.63) is 59.7 Å². The standard InChI is InChI=1S/C20H19N3O4/c1-22(2)14-6-4-13(5-7-14)12-17-18(24)21-20(26)23(19(17)25)15-8-10-16(27-3)11-9-15/h4-12H,1-3H3,(H,21,24,26)/b17-12-. The molecule has 2 aromatic carbocycles. The quantitative estimate of drug-likeness (QED) is 0.665. The van der Waals surface area contributed by atoms with Crippen LogP contribution in [0.4, 0.5) is 16.2 Å². The zero-order valence-electron chi connectivity index (χ0n) is 15.2. The van der Waals surface area contributed by atoms with Gasteiger partial charge in [-0.25, -0.2) is 9.69 Å². The first kappa shape index (κ1) is 18.2. The van der Waals surface area contributed by atoms with Crippen LogP contribution in [0.5, 0.6) is 5.75 Å². The summed E-state index contributed by atoms with van der Waals surface area (Å²) >= 11 is 0.